The first kappa shape index (κ1) is 21.6. The van der Waals surface area contributed by atoms with Crippen molar-refractivity contribution in [2.24, 2.45) is 0 Å². The highest BCUT2D eigenvalue weighted by atomic mass is 32.2. The van der Waals surface area contributed by atoms with Gasteiger partial charge < -0.3 is 10.1 Å². The van der Waals surface area contributed by atoms with Crippen LogP contribution < -0.4 is 10.1 Å². The van der Waals surface area contributed by atoms with Gasteiger partial charge in [-0.25, -0.2) is 4.39 Å². The SMILES string of the molecule is COc1ccc(CNC(=O)CSc2nnc(-c3ccccc3)n2-c2ccc(F)cc2)cc1. The van der Waals surface area contributed by atoms with Gasteiger partial charge in [-0.15, -0.1) is 10.2 Å². The molecule has 0 aliphatic carbocycles. The maximum Gasteiger partial charge on any atom is 0.230 e. The van der Waals surface area contributed by atoms with Gasteiger partial charge in [-0.3, -0.25) is 9.36 Å². The molecule has 4 aromatic rings. The highest BCUT2D eigenvalue weighted by Gasteiger charge is 2.17. The highest BCUT2D eigenvalue weighted by Crippen LogP contribution is 2.28. The van der Waals surface area contributed by atoms with Crippen LogP contribution in [0, 0.1) is 5.82 Å². The van der Waals surface area contributed by atoms with Crippen molar-refractivity contribution >= 4 is 17.7 Å². The van der Waals surface area contributed by atoms with Crippen LogP contribution in [0.5, 0.6) is 5.75 Å². The maximum atomic E-state index is 13.5. The van der Waals surface area contributed by atoms with E-state index in [4.69, 9.17) is 4.74 Å². The second-order valence-electron chi connectivity index (χ2n) is 6.90. The average Bonchev–Trinajstić information content (AvgIpc) is 3.27. The minimum absolute atomic E-state index is 0.124. The minimum Gasteiger partial charge on any atom is -0.497 e. The third-order valence-electron chi connectivity index (χ3n) is 4.73. The maximum absolute atomic E-state index is 13.5. The smallest absolute Gasteiger partial charge is 0.230 e. The summed E-state index contributed by atoms with van der Waals surface area (Å²) in [6.45, 7) is 0.420. The molecule has 162 valence electrons. The van der Waals surface area contributed by atoms with Crippen molar-refractivity contribution in [1.82, 2.24) is 20.1 Å². The van der Waals surface area contributed by atoms with Gasteiger partial charge in [0.2, 0.25) is 5.91 Å². The van der Waals surface area contributed by atoms with Crippen LogP contribution in [0.2, 0.25) is 0 Å². The molecular formula is C24H21FN4O2S. The number of methoxy groups -OCH3 is 1. The number of rotatable bonds is 8. The van der Waals surface area contributed by atoms with Crippen LogP contribution in [0.25, 0.3) is 17.1 Å². The molecule has 8 heteroatoms. The predicted molar refractivity (Wildman–Crippen MR) is 122 cm³/mol. The van der Waals surface area contributed by atoms with Gasteiger partial charge in [0.25, 0.3) is 0 Å². The lowest BCUT2D eigenvalue weighted by molar-refractivity contribution is -0.118. The van der Waals surface area contributed by atoms with Crippen molar-refractivity contribution in [3.8, 4) is 22.8 Å². The number of aromatic nitrogens is 3. The third kappa shape index (κ3) is 5.15. The monoisotopic (exact) mass is 448 g/mol. The molecule has 3 aromatic carbocycles. The molecule has 1 heterocycles. The van der Waals surface area contributed by atoms with E-state index in [9.17, 15) is 9.18 Å². The van der Waals surface area contributed by atoms with E-state index in [2.05, 4.69) is 15.5 Å². The molecule has 0 fully saturated rings. The van der Waals surface area contributed by atoms with E-state index < -0.39 is 0 Å². The van der Waals surface area contributed by atoms with Crippen molar-refractivity contribution in [2.75, 3.05) is 12.9 Å². The van der Waals surface area contributed by atoms with Crippen molar-refractivity contribution in [3.63, 3.8) is 0 Å². The van der Waals surface area contributed by atoms with E-state index in [-0.39, 0.29) is 17.5 Å². The number of halogens is 1. The highest BCUT2D eigenvalue weighted by molar-refractivity contribution is 7.99. The molecule has 0 aliphatic rings. The van der Waals surface area contributed by atoms with Crippen LogP contribution in [-0.2, 0) is 11.3 Å². The number of hydrogen-bond acceptors (Lipinski definition) is 5. The number of carbonyl (C=O) groups is 1. The lowest BCUT2D eigenvalue weighted by atomic mass is 10.2. The predicted octanol–water partition coefficient (Wildman–Crippen LogP) is 4.49. The summed E-state index contributed by atoms with van der Waals surface area (Å²) < 4.78 is 20.4. The van der Waals surface area contributed by atoms with Gasteiger partial charge >= 0.3 is 0 Å². The number of thioether (sulfide) groups is 1. The summed E-state index contributed by atoms with van der Waals surface area (Å²) in [5.41, 5.74) is 2.57. The zero-order valence-corrected chi connectivity index (χ0v) is 18.2. The van der Waals surface area contributed by atoms with Gasteiger partial charge in [0.1, 0.15) is 11.6 Å². The molecular weight excluding hydrogens is 427 g/mol. The van der Waals surface area contributed by atoms with Crippen LogP contribution in [0.3, 0.4) is 0 Å². The van der Waals surface area contributed by atoms with E-state index in [1.165, 1.54) is 23.9 Å². The molecule has 1 N–H and O–H groups in total. The van der Waals surface area contributed by atoms with Gasteiger partial charge in [0.05, 0.1) is 12.9 Å². The van der Waals surface area contributed by atoms with Crippen molar-refractivity contribution in [2.45, 2.75) is 11.7 Å². The van der Waals surface area contributed by atoms with E-state index in [0.29, 0.717) is 17.5 Å². The zero-order valence-electron chi connectivity index (χ0n) is 17.4. The molecule has 0 unspecified atom stereocenters. The number of ether oxygens (including phenoxy) is 1. The summed E-state index contributed by atoms with van der Waals surface area (Å²) in [4.78, 5) is 12.4. The normalized spacial score (nSPS) is 10.7. The average molecular weight is 449 g/mol. The lowest BCUT2D eigenvalue weighted by Crippen LogP contribution is -2.24. The van der Waals surface area contributed by atoms with Gasteiger partial charge in [0, 0.05) is 17.8 Å². The molecule has 0 spiro atoms. The second kappa shape index (κ2) is 10.1. The van der Waals surface area contributed by atoms with Crippen LogP contribution in [0.15, 0.2) is 84.0 Å². The summed E-state index contributed by atoms with van der Waals surface area (Å²) in [6.07, 6.45) is 0. The Hall–Kier alpha value is -3.65. The Morgan fingerprint density at radius 3 is 2.41 bits per heavy atom. The molecule has 0 radical (unpaired) electrons. The Kier molecular flexibility index (Phi) is 6.81. The summed E-state index contributed by atoms with van der Waals surface area (Å²) in [5.74, 6) is 1.11. The molecule has 4 rings (SSSR count). The molecule has 0 bridgehead atoms. The largest absolute Gasteiger partial charge is 0.497 e. The number of carbonyl (C=O) groups excluding carboxylic acids is 1. The number of hydrogen-bond donors (Lipinski definition) is 1. The summed E-state index contributed by atoms with van der Waals surface area (Å²) >= 11 is 1.27. The van der Waals surface area contributed by atoms with Crippen molar-refractivity contribution in [3.05, 3.63) is 90.2 Å². The quantitative estimate of drug-likeness (QED) is 0.402. The first-order valence-corrected chi connectivity index (χ1v) is 10.9. The molecule has 1 aromatic heterocycles. The van der Waals surface area contributed by atoms with Crippen LogP contribution in [0.1, 0.15) is 5.56 Å². The fraction of sp³-hybridized carbons (Fsp3) is 0.125. The first-order valence-electron chi connectivity index (χ1n) is 9.93. The molecule has 0 saturated carbocycles. The van der Waals surface area contributed by atoms with Crippen LogP contribution >= 0.6 is 11.8 Å². The molecule has 0 atom stereocenters. The van der Waals surface area contributed by atoms with E-state index in [1.807, 2.05) is 59.2 Å². The van der Waals surface area contributed by atoms with Gasteiger partial charge in [-0.2, -0.15) is 0 Å². The third-order valence-corrected chi connectivity index (χ3v) is 5.66. The molecule has 0 aliphatic heterocycles. The molecule has 32 heavy (non-hydrogen) atoms. The van der Waals surface area contributed by atoms with E-state index >= 15 is 0 Å². The summed E-state index contributed by atoms with van der Waals surface area (Å²) in [7, 11) is 1.61. The fourth-order valence-corrected chi connectivity index (χ4v) is 3.87. The molecule has 0 saturated heterocycles. The first-order chi connectivity index (χ1) is 15.6. The Labute approximate surface area is 189 Å². The Morgan fingerprint density at radius 1 is 1.00 bits per heavy atom. The Balaban J connectivity index is 1.48. The summed E-state index contributed by atoms with van der Waals surface area (Å²) in [5, 5.41) is 12.1. The summed E-state index contributed by atoms with van der Waals surface area (Å²) in [6, 6.07) is 23.2. The van der Waals surface area contributed by atoms with Crippen LogP contribution in [0.4, 0.5) is 4.39 Å². The topological polar surface area (TPSA) is 69.0 Å². The number of benzene rings is 3. The minimum atomic E-state index is -0.324. The standard InChI is InChI=1S/C24H21FN4O2S/c1-31-21-13-7-17(8-14-21)15-26-22(30)16-32-24-28-27-23(18-5-3-2-4-6-18)29(24)20-11-9-19(25)10-12-20/h2-14H,15-16H2,1H3,(H,26,30). The number of amides is 1. The lowest BCUT2D eigenvalue weighted by Gasteiger charge is -2.11. The molecule has 1 amide bonds. The van der Waals surface area contributed by atoms with Gasteiger partial charge in [0.15, 0.2) is 11.0 Å². The number of nitrogens with zero attached hydrogens (tertiary/aromatic N) is 3. The van der Waals surface area contributed by atoms with Gasteiger partial charge in [-0.1, -0.05) is 54.2 Å². The van der Waals surface area contributed by atoms with Gasteiger partial charge in [-0.05, 0) is 42.0 Å². The van der Waals surface area contributed by atoms with E-state index in [1.54, 1.807) is 19.2 Å². The van der Waals surface area contributed by atoms with Crippen molar-refractivity contribution in [1.29, 1.82) is 0 Å². The van der Waals surface area contributed by atoms with Crippen LogP contribution in [-0.4, -0.2) is 33.5 Å². The van der Waals surface area contributed by atoms with Crippen molar-refractivity contribution < 1.29 is 13.9 Å². The Bertz CT molecular complexity index is 1180. The van der Waals surface area contributed by atoms with E-state index in [0.717, 1.165) is 22.6 Å². The number of nitrogens with one attached hydrogen (secondary N) is 1. The second-order valence-corrected chi connectivity index (χ2v) is 7.84. The Morgan fingerprint density at radius 2 is 1.72 bits per heavy atom. The fourth-order valence-electron chi connectivity index (χ4n) is 3.09. The zero-order chi connectivity index (χ0) is 22.3. The molecule has 6 nitrogen and oxygen atoms in total.